The number of nitrogens with zero attached hydrogens (tertiary/aromatic N) is 2. The molecule has 0 aliphatic heterocycles. The number of nitrogens with one attached hydrogen (secondary N) is 1. The summed E-state index contributed by atoms with van der Waals surface area (Å²) < 4.78 is 27.1. The summed E-state index contributed by atoms with van der Waals surface area (Å²) in [5.74, 6) is 0. The van der Waals surface area contributed by atoms with Gasteiger partial charge in [0.2, 0.25) is 0 Å². The fraction of sp³-hybridized carbons (Fsp3) is 0.625. The zero-order valence-corrected chi connectivity index (χ0v) is 10.2. The minimum atomic E-state index is -3.49. The van der Waals surface area contributed by atoms with Gasteiger partial charge in [-0.1, -0.05) is 6.92 Å². The Balaban J connectivity index is 2.73. The van der Waals surface area contributed by atoms with Crippen molar-refractivity contribution < 1.29 is 8.42 Å². The summed E-state index contributed by atoms with van der Waals surface area (Å²) in [4.78, 5) is 0. The van der Waals surface area contributed by atoms with E-state index < -0.39 is 10.0 Å². The predicted molar refractivity (Wildman–Crippen MR) is 58.3 cm³/mol. The fourth-order valence-electron chi connectivity index (χ4n) is 1.04. The van der Waals surface area contributed by atoms with E-state index >= 15 is 0 Å². The van der Waals surface area contributed by atoms with Crippen LogP contribution in [0.15, 0.2) is 17.3 Å². The average molecular weight is 252 g/mol. The van der Waals surface area contributed by atoms with E-state index in [1.807, 2.05) is 6.92 Å². The molecular formula is C8H14ClN3O2S. The molecule has 86 valence electrons. The van der Waals surface area contributed by atoms with Crippen LogP contribution in [0.3, 0.4) is 0 Å². The maximum absolute atomic E-state index is 11.7. The summed E-state index contributed by atoms with van der Waals surface area (Å²) in [6.07, 6.45) is 2.15. The van der Waals surface area contributed by atoms with Crippen molar-refractivity contribution in [2.75, 3.05) is 6.54 Å². The number of sulfonamides is 1. The molecule has 0 aliphatic carbocycles. The van der Waals surface area contributed by atoms with E-state index in [2.05, 4.69) is 9.82 Å². The van der Waals surface area contributed by atoms with Crippen LogP contribution < -0.4 is 4.72 Å². The standard InChI is InChI=1S/C8H14ClN3O2S/c1-3-7(9)6-11-15(13,14)8-4-5-10-12(8)2/h4-5,7,11H,3,6H2,1-2H3. The Morgan fingerprint density at radius 2 is 2.33 bits per heavy atom. The van der Waals surface area contributed by atoms with E-state index in [0.29, 0.717) is 0 Å². The molecule has 5 nitrogen and oxygen atoms in total. The van der Waals surface area contributed by atoms with Gasteiger partial charge in [0.25, 0.3) is 10.0 Å². The predicted octanol–water partition coefficient (Wildman–Crippen LogP) is 0.716. The molecule has 0 radical (unpaired) electrons. The molecule has 0 amide bonds. The largest absolute Gasteiger partial charge is 0.257 e. The topological polar surface area (TPSA) is 64.0 Å². The Labute approximate surface area is 94.5 Å². The van der Waals surface area contributed by atoms with Crippen molar-refractivity contribution in [2.45, 2.75) is 23.7 Å². The van der Waals surface area contributed by atoms with E-state index in [4.69, 9.17) is 11.6 Å². The minimum absolute atomic E-state index is 0.141. The normalized spacial score (nSPS) is 14.1. The van der Waals surface area contributed by atoms with Crippen LogP contribution >= 0.6 is 11.6 Å². The van der Waals surface area contributed by atoms with E-state index in [-0.39, 0.29) is 16.9 Å². The van der Waals surface area contributed by atoms with Crippen molar-refractivity contribution in [3.05, 3.63) is 12.3 Å². The summed E-state index contributed by atoms with van der Waals surface area (Å²) in [6, 6.07) is 1.44. The molecule has 0 aromatic carbocycles. The van der Waals surface area contributed by atoms with Crippen molar-refractivity contribution in [3.63, 3.8) is 0 Å². The maximum atomic E-state index is 11.7. The van der Waals surface area contributed by atoms with Crippen molar-refractivity contribution in [1.82, 2.24) is 14.5 Å². The summed E-state index contributed by atoms with van der Waals surface area (Å²) in [5, 5.41) is 3.75. The van der Waals surface area contributed by atoms with Crippen LogP contribution in [0.1, 0.15) is 13.3 Å². The molecule has 0 saturated heterocycles. The number of alkyl halides is 1. The summed E-state index contributed by atoms with van der Waals surface area (Å²) >= 11 is 5.82. The van der Waals surface area contributed by atoms with Gasteiger partial charge in [-0.15, -0.1) is 11.6 Å². The SMILES string of the molecule is CCC(Cl)CNS(=O)(=O)c1ccnn1C. The van der Waals surface area contributed by atoms with Crippen LogP contribution in [0, 0.1) is 0 Å². The third-order valence-corrected chi connectivity index (χ3v) is 3.95. The van der Waals surface area contributed by atoms with Gasteiger partial charge in [-0.25, -0.2) is 13.1 Å². The Hall–Kier alpha value is -0.590. The second kappa shape index (κ2) is 4.96. The van der Waals surface area contributed by atoms with Crippen LogP contribution in [-0.4, -0.2) is 30.1 Å². The lowest BCUT2D eigenvalue weighted by Gasteiger charge is -2.09. The van der Waals surface area contributed by atoms with Gasteiger partial charge in [0.1, 0.15) is 0 Å². The fourth-order valence-corrected chi connectivity index (χ4v) is 2.42. The monoisotopic (exact) mass is 251 g/mol. The first-order valence-corrected chi connectivity index (χ1v) is 6.51. The highest BCUT2D eigenvalue weighted by Crippen LogP contribution is 2.07. The molecule has 1 unspecified atom stereocenters. The molecule has 0 fully saturated rings. The van der Waals surface area contributed by atoms with Gasteiger partial charge >= 0.3 is 0 Å². The maximum Gasteiger partial charge on any atom is 0.257 e. The molecule has 0 aliphatic rings. The molecule has 7 heteroatoms. The minimum Gasteiger partial charge on any atom is -0.256 e. The zero-order chi connectivity index (χ0) is 11.5. The highest BCUT2D eigenvalue weighted by atomic mass is 35.5. The molecule has 1 rings (SSSR count). The third kappa shape index (κ3) is 3.19. The lowest BCUT2D eigenvalue weighted by atomic mass is 10.3. The van der Waals surface area contributed by atoms with Crippen molar-refractivity contribution in [1.29, 1.82) is 0 Å². The second-order valence-corrected chi connectivity index (χ2v) is 5.48. The zero-order valence-electron chi connectivity index (χ0n) is 8.64. The highest BCUT2D eigenvalue weighted by Gasteiger charge is 2.18. The molecule has 0 saturated carbocycles. The Bertz CT molecular complexity index is 415. The Morgan fingerprint density at radius 1 is 1.67 bits per heavy atom. The first-order chi connectivity index (χ1) is 6.97. The lowest BCUT2D eigenvalue weighted by Crippen LogP contribution is -2.30. The quantitative estimate of drug-likeness (QED) is 0.785. The van der Waals surface area contributed by atoms with Gasteiger partial charge in [-0.3, -0.25) is 4.68 Å². The van der Waals surface area contributed by atoms with Gasteiger partial charge in [-0.05, 0) is 12.5 Å². The van der Waals surface area contributed by atoms with Crippen molar-refractivity contribution >= 4 is 21.6 Å². The van der Waals surface area contributed by atoms with E-state index in [0.717, 1.165) is 6.42 Å². The number of aryl methyl sites for hydroxylation is 1. The van der Waals surface area contributed by atoms with E-state index in [9.17, 15) is 8.42 Å². The van der Waals surface area contributed by atoms with Gasteiger partial charge < -0.3 is 0 Å². The Kier molecular flexibility index (Phi) is 4.12. The van der Waals surface area contributed by atoms with Gasteiger partial charge in [0.05, 0.1) is 6.20 Å². The highest BCUT2D eigenvalue weighted by molar-refractivity contribution is 7.89. The smallest absolute Gasteiger partial charge is 0.256 e. The van der Waals surface area contributed by atoms with Crippen LogP contribution in [0.25, 0.3) is 0 Å². The van der Waals surface area contributed by atoms with Crippen molar-refractivity contribution in [3.8, 4) is 0 Å². The number of hydrogen-bond donors (Lipinski definition) is 1. The number of rotatable bonds is 5. The molecule has 1 aromatic rings. The van der Waals surface area contributed by atoms with Crippen LogP contribution in [-0.2, 0) is 17.1 Å². The Morgan fingerprint density at radius 3 is 2.80 bits per heavy atom. The summed E-state index contributed by atoms with van der Waals surface area (Å²) in [6.45, 7) is 2.13. The molecule has 1 atom stereocenters. The first-order valence-electron chi connectivity index (χ1n) is 4.59. The van der Waals surface area contributed by atoms with Gasteiger partial charge in [0.15, 0.2) is 5.03 Å². The average Bonchev–Trinajstić information content (AvgIpc) is 2.61. The summed E-state index contributed by atoms with van der Waals surface area (Å²) in [7, 11) is -1.91. The number of halogens is 1. The molecule has 1 aromatic heterocycles. The number of hydrogen-bond acceptors (Lipinski definition) is 3. The van der Waals surface area contributed by atoms with Gasteiger partial charge in [-0.2, -0.15) is 5.10 Å². The van der Waals surface area contributed by atoms with Crippen molar-refractivity contribution in [2.24, 2.45) is 7.05 Å². The van der Waals surface area contributed by atoms with Crippen LogP contribution in [0.4, 0.5) is 0 Å². The van der Waals surface area contributed by atoms with Gasteiger partial charge in [0, 0.05) is 19.0 Å². The third-order valence-electron chi connectivity index (χ3n) is 1.99. The lowest BCUT2D eigenvalue weighted by molar-refractivity contribution is 0.561. The summed E-state index contributed by atoms with van der Waals surface area (Å²) in [5.41, 5.74) is 0. The number of aromatic nitrogens is 2. The molecule has 15 heavy (non-hydrogen) atoms. The molecule has 1 N–H and O–H groups in total. The molecule has 0 bridgehead atoms. The van der Waals surface area contributed by atoms with E-state index in [1.54, 1.807) is 7.05 Å². The first kappa shape index (κ1) is 12.5. The molecule has 1 heterocycles. The second-order valence-electron chi connectivity index (χ2n) is 3.15. The van der Waals surface area contributed by atoms with Crippen LogP contribution in [0.5, 0.6) is 0 Å². The molecule has 0 spiro atoms. The van der Waals surface area contributed by atoms with Crippen LogP contribution in [0.2, 0.25) is 0 Å². The van der Waals surface area contributed by atoms with E-state index in [1.165, 1.54) is 16.9 Å². The molecular weight excluding hydrogens is 238 g/mol.